The van der Waals surface area contributed by atoms with Crippen LogP contribution in [0.15, 0.2) is 18.2 Å². The molecular formula is C14H22N2O3. The number of hydrogen-bond donors (Lipinski definition) is 1. The highest BCUT2D eigenvalue weighted by molar-refractivity contribution is 5.94. The summed E-state index contributed by atoms with van der Waals surface area (Å²) in [7, 11) is 3.16. The van der Waals surface area contributed by atoms with Crippen LogP contribution in [0.25, 0.3) is 0 Å². The SMILES string of the molecule is CCN(CC)CC(=O)Nc1cc(OC)ccc1OC. The molecule has 0 aromatic heterocycles. The normalized spacial score (nSPS) is 10.4. The fourth-order valence-electron chi connectivity index (χ4n) is 1.75. The minimum atomic E-state index is -0.0600. The van der Waals surface area contributed by atoms with Crippen LogP contribution < -0.4 is 14.8 Å². The van der Waals surface area contributed by atoms with Crippen molar-refractivity contribution < 1.29 is 14.3 Å². The van der Waals surface area contributed by atoms with E-state index in [1.54, 1.807) is 32.4 Å². The van der Waals surface area contributed by atoms with Gasteiger partial charge in [-0.3, -0.25) is 9.69 Å². The van der Waals surface area contributed by atoms with Gasteiger partial charge in [0.25, 0.3) is 0 Å². The molecule has 5 nitrogen and oxygen atoms in total. The highest BCUT2D eigenvalue weighted by Gasteiger charge is 2.11. The maximum atomic E-state index is 12.0. The summed E-state index contributed by atoms with van der Waals surface area (Å²) in [5.41, 5.74) is 0.624. The number of hydrogen-bond acceptors (Lipinski definition) is 4. The predicted octanol–water partition coefficient (Wildman–Crippen LogP) is 1.98. The van der Waals surface area contributed by atoms with Crippen molar-refractivity contribution in [3.8, 4) is 11.5 Å². The van der Waals surface area contributed by atoms with Gasteiger partial charge in [-0.15, -0.1) is 0 Å². The highest BCUT2D eigenvalue weighted by atomic mass is 16.5. The third-order valence-electron chi connectivity index (χ3n) is 2.94. The number of ether oxygens (including phenoxy) is 2. The second-order valence-electron chi connectivity index (χ2n) is 4.08. The maximum Gasteiger partial charge on any atom is 0.238 e. The van der Waals surface area contributed by atoms with E-state index in [4.69, 9.17) is 9.47 Å². The molecule has 0 aliphatic rings. The van der Waals surface area contributed by atoms with Gasteiger partial charge in [0.05, 0.1) is 26.5 Å². The monoisotopic (exact) mass is 266 g/mol. The zero-order chi connectivity index (χ0) is 14.3. The van der Waals surface area contributed by atoms with Crippen molar-refractivity contribution in [3.63, 3.8) is 0 Å². The Labute approximate surface area is 114 Å². The first kappa shape index (κ1) is 15.3. The van der Waals surface area contributed by atoms with E-state index in [0.717, 1.165) is 13.1 Å². The molecule has 1 amide bonds. The first-order chi connectivity index (χ1) is 9.14. The van der Waals surface area contributed by atoms with Crippen molar-refractivity contribution in [2.75, 3.05) is 39.2 Å². The molecule has 0 spiro atoms. The van der Waals surface area contributed by atoms with Gasteiger partial charge in [0.1, 0.15) is 11.5 Å². The van der Waals surface area contributed by atoms with Crippen LogP contribution in [0.2, 0.25) is 0 Å². The number of carbonyl (C=O) groups is 1. The molecule has 1 aromatic rings. The molecule has 19 heavy (non-hydrogen) atoms. The van der Waals surface area contributed by atoms with Crippen LogP contribution in [0.3, 0.4) is 0 Å². The van der Waals surface area contributed by atoms with Gasteiger partial charge in [0.2, 0.25) is 5.91 Å². The molecule has 5 heteroatoms. The van der Waals surface area contributed by atoms with Crippen molar-refractivity contribution in [1.29, 1.82) is 0 Å². The Balaban J connectivity index is 2.77. The first-order valence-electron chi connectivity index (χ1n) is 6.38. The second kappa shape index (κ2) is 7.63. The molecule has 1 aromatic carbocycles. The van der Waals surface area contributed by atoms with Gasteiger partial charge in [0.15, 0.2) is 0 Å². The molecule has 0 heterocycles. The lowest BCUT2D eigenvalue weighted by Crippen LogP contribution is -2.33. The van der Waals surface area contributed by atoms with E-state index in [1.807, 2.05) is 18.7 Å². The molecule has 0 fully saturated rings. The molecule has 106 valence electrons. The van der Waals surface area contributed by atoms with Crippen molar-refractivity contribution >= 4 is 11.6 Å². The Morgan fingerprint density at radius 1 is 1.21 bits per heavy atom. The van der Waals surface area contributed by atoms with Crippen LogP contribution in [0.4, 0.5) is 5.69 Å². The zero-order valence-electron chi connectivity index (χ0n) is 12.0. The summed E-state index contributed by atoms with van der Waals surface area (Å²) in [6, 6.07) is 5.31. The largest absolute Gasteiger partial charge is 0.497 e. The van der Waals surface area contributed by atoms with Crippen LogP contribution in [0.1, 0.15) is 13.8 Å². The highest BCUT2D eigenvalue weighted by Crippen LogP contribution is 2.28. The van der Waals surface area contributed by atoms with Crippen LogP contribution in [0.5, 0.6) is 11.5 Å². The Morgan fingerprint density at radius 3 is 2.42 bits per heavy atom. The molecule has 0 unspecified atom stereocenters. The predicted molar refractivity (Wildman–Crippen MR) is 76.0 cm³/mol. The van der Waals surface area contributed by atoms with Crippen molar-refractivity contribution in [1.82, 2.24) is 4.90 Å². The second-order valence-corrected chi connectivity index (χ2v) is 4.08. The summed E-state index contributed by atoms with van der Waals surface area (Å²) in [6.45, 7) is 6.12. The molecule has 0 atom stereocenters. The number of amides is 1. The fraction of sp³-hybridized carbons (Fsp3) is 0.500. The Kier molecular flexibility index (Phi) is 6.15. The topological polar surface area (TPSA) is 50.8 Å². The summed E-state index contributed by atoms with van der Waals surface area (Å²) < 4.78 is 10.4. The van der Waals surface area contributed by atoms with E-state index in [0.29, 0.717) is 23.7 Å². The van der Waals surface area contributed by atoms with Gasteiger partial charge >= 0.3 is 0 Å². The molecule has 1 rings (SSSR count). The number of methoxy groups -OCH3 is 2. The van der Waals surface area contributed by atoms with Gasteiger partial charge in [-0.2, -0.15) is 0 Å². The molecule has 0 radical (unpaired) electrons. The lowest BCUT2D eigenvalue weighted by Gasteiger charge is -2.18. The third-order valence-corrected chi connectivity index (χ3v) is 2.94. The number of nitrogens with one attached hydrogen (secondary N) is 1. The van der Waals surface area contributed by atoms with Crippen LogP contribution in [-0.4, -0.2) is 44.7 Å². The third kappa shape index (κ3) is 4.44. The standard InChI is InChI=1S/C14H22N2O3/c1-5-16(6-2)10-14(17)15-12-9-11(18-3)7-8-13(12)19-4/h7-9H,5-6,10H2,1-4H3,(H,15,17). The van der Waals surface area contributed by atoms with E-state index in [9.17, 15) is 4.79 Å². The molecule has 0 saturated heterocycles. The molecule has 0 bridgehead atoms. The van der Waals surface area contributed by atoms with Gasteiger partial charge in [-0.1, -0.05) is 13.8 Å². The van der Waals surface area contributed by atoms with Crippen LogP contribution >= 0.6 is 0 Å². The number of carbonyl (C=O) groups excluding carboxylic acids is 1. The van der Waals surface area contributed by atoms with Gasteiger partial charge < -0.3 is 14.8 Å². The van der Waals surface area contributed by atoms with E-state index < -0.39 is 0 Å². The molecule has 0 aliphatic heterocycles. The quantitative estimate of drug-likeness (QED) is 0.820. The minimum absolute atomic E-state index is 0.0600. The lowest BCUT2D eigenvalue weighted by molar-refractivity contribution is -0.117. The molecular weight excluding hydrogens is 244 g/mol. The van der Waals surface area contributed by atoms with E-state index in [-0.39, 0.29) is 5.91 Å². The van der Waals surface area contributed by atoms with Gasteiger partial charge in [-0.25, -0.2) is 0 Å². The summed E-state index contributed by atoms with van der Waals surface area (Å²) in [5.74, 6) is 1.24. The summed E-state index contributed by atoms with van der Waals surface area (Å²) >= 11 is 0. The van der Waals surface area contributed by atoms with Crippen LogP contribution in [0, 0.1) is 0 Å². The maximum absolute atomic E-state index is 12.0. The Hall–Kier alpha value is -1.75. The van der Waals surface area contributed by atoms with E-state index in [1.165, 1.54) is 0 Å². The average Bonchev–Trinajstić information content (AvgIpc) is 2.44. The average molecular weight is 266 g/mol. The zero-order valence-corrected chi connectivity index (χ0v) is 12.0. The summed E-state index contributed by atoms with van der Waals surface area (Å²) in [6.07, 6.45) is 0. The van der Waals surface area contributed by atoms with Crippen molar-refractivity contribution in [3.05, 3.63) is 18.2 Å². The van der Waals surface area contributed by atoms with E-state index >= 15 is 0 Å². The smallest absolute Gasteiger partial charge is 0.238 e. The Bertz CT molecular complexity index is 417. The lowest BCUT2D eigenvalue weighted by atomic mass is 10.2. The van der Waals surface area contributed by atoms with Crippen molar-refractivity contribution in [2.24, 2.45) is 0 Å². The number of benzene rings is 1. The minimum Gasteiger partial charge on any atom is -0.497 e. The van der Waals surface area contributed by atoms with Gasteiger partial charge in [0, 0.05) is 6.07 Å². The molecule has 1 N–H and O–H groups in total. The molecule has 0 saturated carbocycles. The first-order valence-corrected chi connectivity index (χ1v) is 6.38. The molecule has 0 aliphatic carbocycles. The summed E-state index contributed by atoms with van der Waals surface area (Å²) in [5, 5.41) is 2.85. The number of likely N-dealkylation sites (N-methyl/N-ethyl adjacent to an activating group) is 1. The number of anilines is 1. The number of rotatable bonds is 7. The number of nitrogens with zero attached hydrogens (tertiary/aromatic N) is 1. The summed E-state index contributed by atoms with van der Waals surface area (Å²) in [4.78, 5) is 14.0. The fourth-order valence-corrected chi connectivity index (χ4v) is 1.75. The Morgan fingerprint density at radius 2 is 1.89 bits per heavy atom. The van der Waals surface area contributed by atoms with E-state index in [2.05, 4.69) is 5.32 Å². The van der Waals surface area contributed by atoms with Crippen molar-refractivity contribution in [2.45, 2.75) is 13.8 Å². The van der Waals surface area contributed by atoms with Crippen LogP contribution in [-0.2, 0) is 4.79 Å². The van der Waals surface area contributed by atoms with Gasteiger partial charge in [-0.05, 0) is 25.2 Å².